The fourth-order valence-electron chi connectivity index (χ4n) is 3.65. The van der Waals surface area contributed by atoms with Crippen LogP contribution >= 0.6 is 15.9 Å². The highest BCUT2D eigenvalue weighted by Gasteiger charge is 2.18. The Kier molecular flexibility index (Phi) is 9.93. The van der Waals surface area contributed by atoms with Crippen LogP contribution in [-0.4, -0.2) is 32.6 Å². The van der Waals surface area contributed by atoms with Crippen LogP contribution in [0.1, 0.15) is 48.5 Å². The molecule has 2 atom stereocenters. The number of methoxy groups -OCH3 is 1. The highest BCUT2D eigenvalue weighted by atomic mass is 79.9. The Labute approximate surface area is 198 Å². The standard InChI is InChI=1S/C26H31BrO5/c1-19(26(28)29-2)17-31-24(14-13-21-9-3-4-11-23(21)27)22-10-7-8-20(16-22)18-32-25-12-5-6-15-30-25/h3-4,7-11,16,24-25H,1,5-6,12-15,17-18H2,2H3/t24-,25?/m1/s1. The van der Waals surface area contributed by atoms with Crippen molar-refractivity contribution in [2.24, 2.45) is 0 Å². The van der Waals surface area contributed by atoms with Gasteiger partial charge >= 0.3 is 5.97 Å². The van der Waals surface area contributed by atoms with Crippen LogP contribution in [0.15, 0.2) is 65.2 Å². The molecule has 0 radical (unpaired) electrons. The fraction of sp³-hybridized carbons (Fsp3) is 0.423. The summed E-state index contributed by atoms with van der Waals surface area (Å²) in [5.74, 6) is -0.454. The van der Waals surface area contributed by atoms with Crippen LogP contribution < -0.4 is 0 Å². The third-order valence-corrected chi connectivity index (χ3v) is 6.24. The molecule has 0 spiro atoms. The molecule has 0 bridgehead atoms. The molecule has 0 aromatic heterocycles. The van der Waals surface area contributed by atoms with Gasteiger partial charge in [0.15, 0.2) is 6.29 Å². The van der Waals surface area contributed by atoms with Crippen LogP contribution in [0.25, 0.3) is 0 Å². The number of ether oxygens (including phenoxy) is 4. The molecule has 0 saturated carbocycles. The molecule has 0 aliphatic carbocycles. The Morgan fingerprint density at radius 3 is 2.81 bits per heavy atom. The number of halogens is 1. The zero-order valence-electron chi connectivity index (χ0n) is 18.6. The second-order valence-corrected chi connectivity index (χ2v) is 8.73. The predicted octanol–water partition coefficient (Wildman–Crippen LogP) is 5.91. The number of hydrogen-bond acceptors (Lipinski definition) is 5. The summed E-state index contributed by atoms with van der Waals surface area (Å²) in [4.78, 5) is 11.7. The van der Waals surface area contributed by atoms with Gasteiger partial charge in [-0.1, -0.05) is 65.0 Å². The molecule has 1 aliphatic heterocycles. The van der Waals surface area contributed by atoms with Crippen molar-refractivity contribution in [2.75, 3.05) is 20.3 Å². The van der Waals surface area contributed by atoms with Crippen molar-refractivity contribution >= 4 is 21.9 Å². The van der Waals surface area contributed by atoms with Gasteiger partial charge in [-0.05, 0) is 54.9 Å². The maximum atomic E-state index is 11.7. The van der Waals surface area contributed by atoms with Gasteiger partial charge in [-0.25, -0.2) is 4.79 Å². The first kappa shape index (κ1) is 24.6. The lowest BCUT2D eigenvalue weighted by Crippen LogP contribution is -2.22. The van der Waals surface area contributed by atoms with Crippen molar-refractivity contribution in [1.82, 2.24) is 0 Å². The van der Waals surface area contributed by atoms with Crippen molar-refractivity contribution in [1.29, 1.82) is 0 Å². The van der Waals surface area contributed by atoms with E-state index in [1.165, 1.54) is 12.7 Å². The van der Waals surface area contributed by atoms with Crippen LogP contribution in [0.3, 0.4) is 0 Å². The van der Waals surface area contributed by atoms with Gasteiger partial charge in [0.05, 0.1) is 32.0 Å². The quantitative estimate of drug-likeness (QED) is 0.282. The highest BCUT2D eigenvalue weighted by molar-refractivity contribution is 9.10. The van der Waals surface area contributed by atoms with E-state index in [4.69, 9.17) is 18.9 Å². The molecule has 0 N–H and O–H groups in total. The average Bonchev–Trinajstić information content (AvgIpc) is 2.84. The first-order valence-electron chi connectivity index (χ1n) is 11.0. The molecular formula is C26H31BrO5. The van der Waals surface area contributed by atoms with Crippen molar-refractivity contribution in [3.63, 3.8) is 0 Å². The topological polar surface area (TPSA) is 54.0 Å². The Bertz CT molecular complexity index is 891. The predicted molar refractivity (Wildman–Crippen MR) is 127 cm³/mol. The van der Waals surface area contributed by atoms with E-state index < -0.39 is 5.97 Å². The Hall–Kier alpha value is -1.99. The molecule has 2 aromatic rings. The number of carbonyl (C=O) groups is 1. The Morgan fingerprint density at radius 2 is 2.06 bits per heavy atom. The molecule has 1 unspecified atom stereocenters. The van der Waals surface area contributed by atoms with Gasteiger partial charge in [0.1, 0.15) is 0 Å². The fourth-order valence-corrected chi connectivity index (χ4v) is 4.14. The van der Waals surface area contributed by atoms with Crippen molar-refractivity contribution in [2.45, 2.75) is 51.1 Å². The summed E-state index contributed by atoms with van der Waals surface area (Å²) in [5, 5.41) is 0. The SMILES string of the molecule is C=C(CO[C@H](CCc1ccccc1Br)c1cccc(COC2CCCCO2)c1)C(=O)OC. The number of aryl methyl sites for hydroxylation is 1. The zero-order chi connectivity index (χ0) is 22.8. The van der Waals surface area contributed by atoms with Crippen LogP contribution in [0.2, 0.25) is 0 Å². The zero-order valence-corrected chi connectivity index (χ0v) is 20.1. The molecule has 1 heterocycles. The summed E-state index contributed by atoms with van der Waals surface area (Å²) in [6.07, 6.45) is 4.43. The molecule has 172 valence electrons. The van der Waals surface area contributed by atoms with Gasteiger partial charge in [-0.3, -0.25) is 0 Å². The molecule has 32 heavy (non-hydrogen) atoms. The lowest BCUT2D eigenvalue weighted by atomic mass is 9.99. The van der Waals surface area contributed by atoms with E-state index in [0.29, 0.717) is 12.2 Å². The van der Waals surface area contributed by atoms with E-state index in [9.17, 15) is 4.79 Å². The molecule has 2 aromatic carbocycles. The summed E-state index contributed by atoms with van der Waals surface area (Å²) < 4.78 is 23.6. The summed E-state index contributed by atoms with van der Waals surface area (Å²) in [6, 6.07) is 16.4. The van der Waals surface area contributed by atoms with Gasteiger partial charge in [0.2, 0.25) is 0 Å². The van der Waals surface area contributed by atoms with E-state index in [0.717, 1.165) is 54.3 Å². The molecule has 1 fully saturated rings. The van der Waals surface area contributed by atoms with E-state index in [2.05, 4.69) is 34.6 Å². The van der Waals surface area contributed by atoms with Crippen LogP contribution in [0.5, 0.6) is 0 Å². The molecule has 0 amide bonds. The first-order chi connectivity index (χ1) is 15.6. The van der Waals surface area contributed by atoms with Crippen molar-refractivity contribution in [3.05, 3.63) is 81.8 Å². The number of benzene rings is 2. The molecular weight excluding hydrogens is 472 g/mol. The first-order valence-corrected chi connectivity index (χ1v) is 11.8. The minimum absolute atomic E-state index is 0.115. The van der Waals surface area contributed by atoms with E-state index in [-0.39, 0.29) is 19.0 Å². The smallest absolute Gasteiger partial charge is 0.335 e. The van der Waals surface area contributed by atoms with E-state index >= 15 is 0 Å². The maximum absolute atomic E-state index is 11.7. The Balaban J connectivity index is 1.68. The van der Waals surface area contributed by atoms with Crippen LogP contribution in [0.4, 0.5) is 0 Å². The largest absolute Gasteiger partial charge is 0.466 e. The van der Waals surface area contributed by atoms with Gasteiger partial charge in [0.25, 0.3) is 0 Å². The molecule has 5 nitrogen and oxygen atoms in total. The van der Waals surface area contributed by atoms with Crippen LogP contribution in [-0.2, 0) is 36.8 Å². The second-order valence-electron chi connectivity index (χ2n) is 7.88. The summed E-state index contributed by atoms with van der Waals surface area (Å²) in [7, 11) is 1.34. The maximum Gasteiger partial charge on any atom is 0.335 e. The van der Waals surface area contributed by atoms with Gasteiger partial charge in [0, 0.05) is 11.1 Å². The monoisotopic (exact) mass is 502 g/mol. The highest BCUT2D eigenvalue weighted by Crippen LogP contribution is 2.27. The van der Waals surface area contributed by atoms with Crippen molar-refractivity contribution in [3.8, 4) is 0 Å². The molecule has 1 saturated heterocycles. The second kappa shape index (κ2) is 12.9. The van der Waals surface area contributed by atoms with E-state index in [1.54, 1.807) is 0 Å². The summed E-state index contributed by atoms with van der Waals surface area (Å²) in [5.41, 5.74) is 3.62. The Morgan fingerprint density at radius 1 is 1.22 bits per heavy atom. The van der Waals surface area contributed by atoms with Gasteiger partial charge in [-0.15, -0.1) is 0 Å². The summed E-state index contributed by atoms with van der Waals surface area (Å²) >= 11 is 3.62. The van der Waals surface area contributed by atoms with Crippen molar-refractivity contribution < 1.29 is 23.7 Å². The average molecular weight is 503 g/mol. The molecule has 1 aliphatic rings. The van der Waals surface area contributed by atoms with Crippen LogP contribution in [0, 0.1) is 0 Å². The number of carbonyl (C=O) groups excluding carboxylic acids is 1. The van der Waals surface area contributed by atoms with Gasteiger partial charge < -0.3 is 18.9 Å². The molecule has 6 heteroatoms. The lowest BCUT2D eigenvalue weighted by molar-refractivity contribution is -0.168. The third-order valence-electron chi connectivity index (χ3n) is 5.46. The summed E-state index contributed by atoms with van der Waals surface area (Å²) in [6.45, 7) is 5.15. The number of hydrogen-bond donors (Lipinski definition) is 0. The number of esters is 1. The third kappa shape index (κ3) is 7.55. The minimum Gasteiger partial charge on any atom is -0.466 e. The van der Waals surface area contributed by atoms with E-state index in [1.807, 2.05) is 36.4 Å². The molecule has 3 rings (SSSR count). The minimum atomic E-state index is -0.454. The number of rotatable bonds is 11. The lowest BCUT2D eigenvalue weighted by Gasteiger charge is -2.23. The van der Waals surface area contributed by atoms with Gasteiger partial charge in [-0.2, -0.15) is 0 Å². The normalized spacial score (nSPS) is 17.0.